The molecule has 0 amide bonds. The minimum Gasteiger partial charge on any atom is -0.457 e. The quantitative estimate of drug-likeness (QED) is 0.167. The second kappa shape index (κ2) is 13.5. The number of allylic oxidation sites excluding steroid dienone is 4. The molecule has 59 heavy (non-hydrogen) atoms. The van der Waals surface area contributed by atoms with Gasteiger partial charge in [-0.15, -0.1) is 11.3 Å². The Bertz CT molecular complexity index is 3110. The molecule has 3 aliphatic rings. The first kappa shape index (κ1) is 33.9. The van der Waals surface area contributed by atoms with Crippen molar-refractivity contribution in [1.29, 1.82) is 0 Å². The standard InChI is InChI=1S/C55H38N2OS/c1-4-18-37(19-5-1)56(41-35-49(54-44-26-12-17-31-52(44)59-53(54)36-41)57(38-20-6-2-7-21-38)39-22-8-3-9-23-39)40-32-33-51-48(34-40)55(47-29-15-16-30-50(47)58-51)45-27-13-10-24-42(45)43-25-11-14-28-46(43)55/h1-10,12-24,26-36H,11,25H2. The third-order valence-electron chi connectivity index (χ3n) is 12.4. The van der Waals surface area contributed by atoms with Gasteiger partial charge in [0.15, 0.2) is 0 Å². The summed E-state index contributed by atoms with van der Waals surface area (Å²) in [7, 11) is 0. The maximum Gasteiger partial charge on any atom is 0.132 e. The molecule has 12 rings (SSSR count). The monoisotopic (exact) mass is 774 g/mol. The van der Waals surface area contributed by atoms with Gasteiger partial charge in [-0.05, 0) is 114 Å². The molecule has 0 bridgehead atoms. The van der Waals surface area contributed by atoms with Crippen molar-refractivity contribution in [3.63, 3.8) is 0 Å². The molecule has 0 fully saturated rings. The number of thiophene rings is 1. The fourth-order valence-corrected chi connectivity index (χ4v) is 11.2. The van der Waals surface area contributed by atoms with E-state index in [0.717, 1.165) is 64.0 Å². The van der Waals surface area contributed by atoms with E-state index in [0.29, 0.717) is 0 Å². The second-order valence-corrected chi connectivity index (χ2v) is 16.6. The molecule has 8 aromatic carbocycles. The maximum absolute atomic E-state index is 6.87. The van der Waals surface area contributed by atoms with Crippen LogP contribution in [0, 0.1) is 0 Å². The van der Waals surface area contributed by atoms with Gasteiger partial charge in [-0.2, -0.15) is 0 Å². The Hall–Kier alpha value is -7.14. The summed E-state index contributed by atoms with van der Waals surface area (Å²) in [5.74, 6) is 1.81. The first-order chi connectivity index (χ1) is 29.3. The molecule has 1 spiro atoms. The van der Waals surface area contributed by atoms with Gasteiger partial charge >= 0.3 is 0 Å². The van der Waals surface area contributed by atoms with Crippen LogP contribution in [0.15, 0.2) is 212 Å². The molecule has 1 atom stereocenters. The van der Waals surface area contributed by atoms with E-state index in [4.69, 9.17) is 4.74 Å². The Labute approximate surface area is 348 Å². The Balaban J connectivity index is 1.14. The van der Waals surface area contributed by atoms with Gasteiger partial charge in [-0.1, -0.05) is 127 Å². The number of fused-ring (bicyclic) bond motifs is 11. The van der Waals surface area contributed by atoms with Crippen LogP contribution in [-0.4, -0.2) is 0 Å². The van der Waals surface area contributed by atoms with Gasteiger partial charge in [0.2, 0.25) is 0 Å². The molecule has 0 radical (unpaired) electrons. The third-order valence-corrected chi connectivity index (χ3v) is 13.5. The molecule has 280 valence electrons. The second-order valence-electron chi connectivity index (χ2n) is 15.5. The molecule has 2 aliphatic carbocycles. The topological polar surface area (TPSA) is 15.7 Å². The lowest BCUT2D eigenvalue weighted by Gasteiger charge is -2.41. The summed E-state index contributed by atoms with van der Waals surface area (Å²) in [4.78, 5) is 4.85. The van der Waals surface area contributed by atoms with Crippen LogP contribution in [0.25, 0.3) is 25.7 Å². The highest BCUT2D eigenvalue weighted by Crippen LogP contribution is 2.63. The molecular weight excluding hydrogens is 737 g/mol. The van der Waals surface area contributed by atoms with Crippen molar-refractivity contribution in [2.24, 2.45) is 0 Å². The van der Waals surface area contributed by atoms with Crippen molar-refractivity contribution in [3.8, 4) is 11.5 Å². The molecule has 0 saturated heterocycles. The van der Waals surface area contributed by atoms with Gasteiger partial charge < -0.3 is 14.5 Å². The minimum atomic E-state index is -0.524. The maximum atomic E-state index is 6.87. The van der Waals surface area contributed by atoms with E-state index in [1.165, 1.54) is 48.0 Å². The van der Waals surface area contributed by atoms with Crippen LogP contribution in [0.2, 0.25) is 0 Å². The highest BCUT2D eigenvalue weighted by Gasteiger charge is 2.52. The molecule has 4 heteroatoms. The molecule has 9 aromatic rings. The van der Waals surface area contributed by atoms with Crippen LogP contribution >= 0.6 is 11.3 Å². The van der Waals surface area contributed by atoms with Crippen molar-refractivity contribution in [1.82, 2.24) is 0 Å². The van der Waals surface area contributed by atoms with Crippen molar-refractivity contribution in [2.75, 3.05) is 9.80 Å². The van der Waals surface area contributed by atoms with Gasteiger partial charge in [0.1, 0.15) is 11.5 Å². The number of benzene rings is 8. The highest BCUT2D eigenvalue weighted by molar-refractivity contribution is 7.26. The zero-order chi connectivity index (χ0) is 38.9. The fourth-order valence-electron chi connectivity index (χ4n) is 9.99. The number of ether oxygens (including phenoxy) is 1. The number of hydrogen-bond donors (Lipinski definition) is 0. The van der Waals surface area contributed by atoms with Gasteiger partial charge in [-0.3, -0.25) is 0 Å². The summed E-state index contributed by atoms with van der Waals surface area (Å²) in [5.41, 5.74) is 13.9. The molecular formula is C55H38N2OS. The molecule has 1 unspecified atom stereocenters. The number of hydrogen-bond acceptors (Lipinski definition) is 4. The predicted molar refractivity (Wildman–Crippen MR) is 247 cm³/mol. The number of rotatable bonds is 6. The number of anilines is 6. The van der Waals surface area contributed by atoms with Gasteiger partial charge in [0.05, 0.1) is 11.1 Å². The van der Waals surface area contributed by atoms with E-state index in [1.54, 1.807) is 0 Å². The molecule has 1 aromatic heterocycles. The van der Waals surface area contributed by atoms with Gasteiger partial charge in [0, 0.05) is 59.7 Å². The summed E-state index contributed by atoms with van der Waals surface area (Å²) < 4.78 is 9.37. The average molecular weight is 775 g/mol. The van der Waals surface area contributed by atoms with Crippen LogP contribution in [0.4, 0.5) is 34.1 Å². The highest BCUT2D eigenvalue weighted by atomic mass is 32.1. The molecule has 1 aliphatic heterocycles. The van der Waals surface area contributed by atoms with Crippen LogP contribution in [-0.2, 0) is 5.41 Å². The SMILES string of the molecule is C1=CC2=C(CC1)c1ccccc1C21c2ccccc2Oc2ccc(N(c3ccccc3)c3cc(N(c4ccccc4)c4ccccc4)c4c(c3)sc3ccccc34)cc21. The average Bonchev–Trinajstić information content (AvgIpc) is 3.82. The minimum absolute atomic E-state index is 0.524. The molecule has 3 nitrogen and oxygen atoms in total. The lowest BCUT2D eigenvalue weighted by Crippen LogP contribution is -2.33. The first-order valence-electron chi connectivity index (χ1n) is 20.4. The van der Waals surface area contributed by atoms with Crippen molar-refractivity contribution >= 4 is 71.2 Å². The fraction of sp³-hybridized carbons (Fsp3) is 0.0545. The smallest absolute Gasteiger partial charge is 0.132 e. The summed E-state index contributed by atoms with van der Waals surface area (Å²) in [6.07, 6.45) is 6.82. The van der Waals surface area contributed by atoms with Crippen LogP contribution < -0.4 is 14.5 Å². The lowest BCUT2D eigenvalue weighted by molar-refractivity contribution is 0.435. The van der Waals surface area contributed by atoms with E-state index < -0.39 is 5.41 Å². The van der Waals surface area contributed by atoms with E-state index in [2.05, 4.69) is 216 Å². The Morgan fingerprint density at radius 1 is 0.475 bits per heavy atom. The van der Waals surface area contributed by atoms with Crippen molar-refractivity contribution < 1.29 is 4.74 Å². The summed E-state index contributed by atoms with van der Waals surface area (Å²) in [6.45, 7) is 0. The summed E-state index contributed by atoms with van der Waals surface area (Å²) in [6, 6.07) is 70.5. The lowest BCUT2D eigenvalue weighted by atomic mass is 9.64. The summed E-state index contributed by atoms with van der Waals surface area (Å²) in [5, 5.41) is 2.50. The van der Waals surface area contributed by atoms with Gasteiger partial charge in [0.25, 0.3) is 0 Å². The molecule has 2 heterocycles. The van der Waals surface area contributed by atoms with Crippen LogP contribution in [0.5, 0.6) is 11.5 Å². The normalized spacial score (nSPS) is 16.1. The van der Waals surface area contributed by atoms with Gasteiger partial charge in [-0.25, -0.2) is 0 Å². The van der Waals surface area contributed by atoms with Crippen molar-refractivity contribution in [2.45, 2.75) is 18.3 Å². The zero-order valence-corrected chi connectivity index (χ0v) is 33.1. The Morgan fingerprint density at radius 3 is 1.86 bits per heavy atom. The van der Waals surface area contributed by atoms with E-state index in [1.807, 2.05) is 11.3 Å². The van der Waals surface area contributed by atoms with E-state index in [9.17, 15) is 0 Å². The number of para-hydroxylation sites is 4. The van der Waals surface area contributed by atoms with E-state index in [-0.39, 0.29) is 0 Å². The van der Waals surface area contributed by atoms with Crippen LogP contribution in [0.3, 0.4) is 0 Å². The molecule has 0 N–H and O–H groups in total. The summed E-state index contributed by atoms with van der Waals surface area (Å²) >= 11 is 1.85. The van der Waals surface area contributed by atoms with Crippen molar-refractivity contribution in [3.05, 3.63) is 234 Å². The largest absolute Gasteiger partial charge is 0.457 e. The Kier molecular flexibility index (Phi) is 7.75. The molecule has 0 saturated carbocycles. The van der Waals surface area contributed by atoms with E-state index >= 15 is 0 Å². The number of nitrogens with zero attached hydrogens (tertiary/aromatic N) is 2. The zero-order valence-electron chi connectivity index (χ0n) is 32.3. The third kappa shape index (κ3) is 5.13. The Morgan fingerprint density at radius 2 is 1.10 bits per heavy atom. The first-order valence-corrected chi connectivity index (χ1v) is 21.2. The van der Waals surface area contributed by atoms with Crippen LogP contribution in [0.1, 0.15) is 35.1 Å². The predicted octanol–water partition coefficient (Wildman–Crippen LogP) is 15.6.